The molecule has 0 aromatic rings. The Morgan fingerprint density at radius 3 is 2.39 bits per heavy atom. The first kappa shape index (κ1) is 13.7. The Morgan fingerprint density at radius 1 is 1.17 bits per heavy atom. The van der Waals surface area contributed by atoms with Crippen LogP contribution in [0, 0.1) is 0 Å². The number of carbonyl (C=O) groups excluding carboxylic acids is 3. The first-order valence-electron chi connectivity index (χ1n) is 5.26. The molecule has 8 nitrogen and oxygen atoms in total. The van der Waals surface area contributed by atoms with Crippen LogP contribution in [0.4, 0.5) is 4.79 Å². The second-order valence-corrected chi connectivity index (χ2v) is 3.69. The summed E-state index contributed by atoms with van der Waals surface area (Å²) in [5, 5.41) is 14.9. The average molecular weight is 255 g/mol. The second-order valence-electron chi connectivity index (χ2n) is 3.69. The predicted molar refractivity (Wildman–Crippen MR) is 59.5 cm³/mol. The number of nitrogens with one attached hydrogen (secondary N) is 3. The summed E-state index contributed by atoms with van der Waals surface area (Å²) in [5.41, 5.74) is 0. The molecule has 0 heterocycles. The van der Waals surface area contributed by atoms with Gasteiger partial charge in [0.15, 0.2) is 0 Å². The molecule has 0 radical (unpaired) electrons. The largest absolute Gasteiger partial charge is 0.478 e. The van der Waals surface area contributed by atoms with Gasteiger partial charge in [0.1, 0.15) is 0 Å². The van der Waals surface area contributed by atoms with Crippen molar-refractivity contribution in [2.24, 2.45) is 0 Å². The maximum atomic E-state index is 11.2. The summed E-state index contributed by atoms with van der Waals surface area (Å²) in [5.74, 6) is -2.51. The van der Waals surface area contributed by atoms with E-state index >= 15 is 0 Å². The Bertz CT molecular complexity index is 400. The fraction of sp³-hybridized carbons (Fsp3) is 0.400. The molecule has 98 valence electrons. The molecule has 4 N–H and O–H groups in total. The SMILES string of the molecule is O=C(O)/C=C/C(=O)NC(=O)NCC(=O)NC1CC1. The zero-order chi connectivity index (χ0) is 13.5. The normalized spacial score (nSPS) is 14.0. The molecule has 0 aromatic carbocycles. The van der Waals surface area contributed by atoms with Crippen LogP contribution in [-0.4, -0.2) is 41.5 Å². The molecule has 0 atom stereocenters. The number of carboxylic acid groups (broad SMARTS) is 1. The quantitative estimate of drug-likeness (QED) is 0.456. The first-order valence-corrected chi connectivity index (χ1v) is 5.26. The minimum atomic E-state index is -1.30. The van der Waals surface area contributed by atoms with Gasteiger partial charge in [0.2, 0.25) is 5.91 Å². The predicted octanol–water partition coefficient (Wildman–Crippen LogP) is -1.27. The van der Waals surface area contributed by atoms with Gasteiger partial charge in [-0.2, -0.15) is 0 Å². The first-order chi connectivity index (χ1) is 8.47. The highest BCUT2D eigenvalue weighted by molar-refractivity contribution is 6.03. The van der Waals surface area contributed by atoms with E-state index < -0.39 is 17.9 Å². The topological polar surface area (TPSA) is 125 Å². The Kier molecular flexibility index (Phi) is 4.85. The molecule has 1 fully saturated rings. The number of amides is 4. The van der Waals surface area contributed by atoms with E-state index in [0.717, 1.165) is 12.8 Å². The van der Waals surface area contributed by atoms with Crippen molar-refractivity contribution in [2.45, 2.75) is 18.9 Å². The van der Waals surface area contributed by atoms with Crippen molar-refractivity contribution in [3.8, 4) is 0 Å². The lowest BCUT2D eigenvalue weighted by molar-refractivity contribution is -0.131. The van der Waals surface area contributed by atoms with E-state index in [2.05, 4.69) is 10.6 Å². The van der Waals surface area contributed by atoms with E-state index in [0.29, 0.717) is 12.2 Å². The second kappa shape index (κ2) is 6.38. The van der Waals surface area contributed by atoms with Crippen LogP contribution in [0.5, 0.6) is 0 Å². The number of hydrogen-bond acceptors (Lipinski definition) is 4. The van der Waals surface area contributed by atoms with E-state index in [-0.39, 0.29) is 18.5 Å². The van der Waals surface area contributed by atoms with Crippen molar-refractivity contribution in [1.29, 1.82) is 0 Å². The van der Waals surface area contributed by atoms with Crippen LogP contribution < -0.4 is 16.0 Å². The molecule has 1 saturated carbocycles. The van der Waals surface area contributed by atoms with Crippen LogP contribution in [0.15, 0.2) is 12.2 Å². The van der Waals surface area contributed by atoms with Crippen molar-refractivity contribution >= 4 is 23.8 Å². The van der Waals surface area contributed by atoms with Gasteiger partial charge in [0, 0.05) is 18.2 Å². The number of hydrogen-bond donors (Lipinski definition) is 4. The van der Waals surface area contributed by atoms with Gasteiger partial charge in [0.05, 0.1) is 6.54 Å². The van der Waals surface area contributed by atoms with Crippen LogP contribution in [0.3, 0.4) is 0 Å². The highest BCUT2D eigenvalue weighted by Gasteiger charge is 2.23. The zero-order valence-corrected chi connectivity index (χ0v) is 9.43. The number of aliphatic carboxylic acids is 1. The van der Waals surface area contributed by atoms with Crippen LogP contribution in [-0.2, 0) is 14.4 Å². The maximum absolute atomic E-state index is 11.2. The summed E-state index contributed by atoms with van der Waals surface area (Å²) in [7, 11) is 0. The molecule has 1 aliphatic rings. The molecular formula is C10H13N3O5. The molecule has 1 aliphatic carbocycles. The van der Waals surface area contributed by atoms with Crippen LogP contribution >= 0.6 is 0 Å². The average Bonchev–Trinajstić information content (AvgIpc) is 3.07. The monoisotopic (exact) mass is 255 g/mol. The summed E-state index contributed by atoms with van der Waals surface area (Å²) in [6.07, 6.45) is 3.18. The zero-order valence-electron chi connectivity index (χ0n) is 9.43. The molecular weight excluding hydrogens is 242 g/mol. The van der Waals surface area contributed by atoms with Gasteiger partial charge in [-0.3, -0.25) is 14.9 Å². The van der Waals surface area contributed by atoms with Crippen molar-refractivity contribution < 1.29 is 24.3 Å². The summed E-state index contributed by atoms with van der Waals surface area (Å²) < 4.78 is 0. The van der Waals surface area contributed by atoms with Gasteiger partial charge in [0.25, 0.3) is 5.91 Å². The van der Waals surface area contributed by atoms with Crippen LogP contribution in [0.25, 0.3) is 0 Å². The van der Waals surface area contributed by atoms with Gasteiger partial charge >= 0.3 is 12.0 Å². The lowest BCUT2D eigenvalue weighted by atomic mass is 10.4. The third-order valence-electron chi connectivity index (χ3n) is 1.97. The van der Waals surface area contributed by atoms with Gasteiger partial charge in [-0.05, 0) is 12.8 Å². The number of carboxylic acids is 1. The van der Waals surface area contributed by atoms with E-state index in [1.807, 2.05) is 5.32 Å². The Hall–Kier alpha value is -2.38. The molecule has 0 saturated heterocycles. The summed E-state index contributed by atoms with van der Waals surface area (Å²) in [4.78, 5) is 43.3. The molecule has 0 spiro atoms. The maximum Gasteiger partial charge on any atom is 0.328 e. The van der Waals surface area contributed by atoms with Gasteiger partial charge in [-0.15, -0.1) is 0 Å². The number of urea groups is 1. The highest BCUT2D eigenvalue weighted by Crippen LogP contribution is 2.17. The van der Waals surface area contributed by atoms with Crippen LogP contribution in [0.1, 0.15) is 12.8 Å². The standard InChI is InChI=1S/C10H13N3O5/c14-7(3-4-9(16)17)13-10(18)11-5-8(15)12-6-1-2-6/h3-4,6H,1-2,5H2,(H,12,15)(H,16,17)(H2,11,13,14,18)/b4-3+. The van der Waals surface area contributed by atoms with Gasteiger partial charge in [-0.25, -0.2) is 9.59 Å². The molecule has 0 unspecified atom stereocenters. The Balaban J connectivity index is 2.17. The lowest BCUT2D eigenvalue weighted by Crippen LogP contribution is -2.44. The molecule has 18 heavy (non-hydrogen) atoms. The molecule has 4 amide bonds. The van der Waals surface area contributed by atoms with E-state index in [1.165, 1.54) is 0 Å². The smallest absolute Gasteiger partial charge is 0.328 e. The lowest BCUT2D eigenvalue weighted by Gasteiger charge is -2.05. The summed E-state index contributed by atoms with van der Waals surface area (Å²) in [6, 6.07) is -0.663. The Labute approximate surface area is 102 Å². The van der Waals surface area contributed by atoms with E-state index in [9.17, 15) is 19.2 Å². The van der Waals surface area contributed by atoms with Crippen molar-refractivity contribution in [2.75, 3.05) is 6.54 Å². The van der Waals surface area contributed by atoms with E-state index in [1.54, 1.807) is 0 Å². The number of rotatable bonds is 5. The third kappa shape index (κ3) is 6.26. The third-order valence-corrected chi connectivity index (χ3v) is 1.97. The molecule has 8 heteroatoms. The van der Waals surface area contributed by atoms with Gasteiger partial charge in [-0.1, -0.05) is 0 Å². The number of imide groups is 1. The highest BCUT2D eigenvalue weighted by atomic mass is 16.4. The van der Waals surface area contributed by atoms with Crippen LogP contribution in [0.2, 0.25) is 0 Å². The Morgan fingerprint density at radius 2 is 1.83 bits per heavy atom. The van der Waals surface area contributed by atoms with Crippen molar-refractivity contribution in [3.63, 3.8) is 0 Å². The molecule has 1 rings (SSSR count). The fourth-order valence-electron chi connectivity index (χ4n) is 1.01. The molecule has 0 bridgehead atoms. The minimum Gasteiger partial charge on any atom is -0.478 e. The van der Waals surface area contributed by atoms with E-state index in [4.69, 9.17) is 5.11 Å². The van der Waals surface area contributed by atoms with Crippen molar-refractivity contribution in [1.82, 2.24) is 16.0 Å². The van der Waals surface area contributed by atoms with Crippen molar-refractivity contribution in [3.05, 3.63) is 12.2 Å². The van der Waals surface area contributed by atoms with Gasteiger partial charge < -0.3 is 15.7 Å². The fourth-order valence-corrected chi connectivity index (χ4v) is 1.01. The summed E-state index contributed by atoms with van der Waals surface area (Å²) >= 11 is 0. The summed E-state index contributed by atoms with van der Waals surface area (Å²) in [6.45, 7) is -0.238. The minimum absolute atomic E-state index is 0.197. The molecule has 0 aromatic heterocycles. The number of carbonyl (C=O) groups is 4. The molecule has 0 aliphatic heterocycles.